The Morgan fingerprint density at radius 1 is 0.929 bits per heavy atom. The first kappa shape index (κ1) is 19.0. The SMILES string of the molecule is COc1cccc(OCC(=O)Nc2ccc(Oc3ccccc3OC)nc2)c1. The second-order valence-electron chi connectivity index (χ2n) is 5.65. The average Bonchev–Trinajstić information content (AvgIpc) is 2.74. The van der Waals surface area contributed by atoms with E-state index in [2.05, 4.69) is 10.3 Å². The van der Waals surface area contributed by atoms with Gasteiger partial charge in [0.05, 0.1) is 26.1 Å². The molecule has 3 rings (SSSR count). The Morgan fingerprint density at radius 3 is 2.43 bits per heavy atom. The van der Waals surface area contributed by atoms with Crippen LogP contribution in [0, 0.1) is 0 Å². The van der Waals surface area contributed by atoms with E-state index in [0.717, 1.165) is 0 Å². The molecule has 0 bridgehead atoms. The molecule has 144 valence electrons. The normalized spacial score (nSPS) is 10.1. The zero-order valence-corrected chi connectivity index (χ0v) is 15.5. The van der Waals surface area contributed by atoms with Crippen LogP contribution in [0.1, 0.15) is 0 Å². The summed E-state index contributed by atoms with van der Waals surface area (Å²) in [7, 11) is 3.14. The fourth-order valence-corrected chi connectivity index (χ4v) is 2.37. The number of nitrogens with zero attached hydrogens (tertiary/aromatic N) is 1. The average molecular weight is 380 g/mol. The van der Waals surface area contributed by atoms with Crippen LogP contribution in [-0.4, -0.2) is 31.7 Å². The second-order valence-corrected chi connectivity index (χ2v) is 5.65. The van der Waals surface area contributed by atoms with E-state index in [0.29, 0.717) is 34.6 Å². The van der Waals surface area contributed by atoms with E-state index in [1.165, 1.54) is 6.20 Å². The standard InChI is InChI=1S/C21H20N2O5/c1-25-16-6-5-7-17(12-16)27-14-20(24)23-15-10-11-21(22-13-15)28-19-9-4-3-8-18(19)26-2/h3-13H,14H2,1-2H3,(H,23,24). The van der Waals surface area contributed by atoms with Crippen molar-refractivity contribution in [3.63, 3.8) is 0 Å². The molecule has 7 heteroatoms. The van der Waals surface area contributed by atoms with Gasteiger partial charge >= 0.3 is 0 Å². The maximum atomic E-state index is 12.1. The molecule has 0 fully saturated rings. The number of nitrogens with one attached hydrogen (secondary N) is 1. The number of ether oxygens (including phenoxy) is 4. The number of aromatic nitrogens is 1. The summed E-state index contributed by atoms with van der Waals surface area (Å²) in [6.45, 7) is -0.132. The third-order valence-corrected chi connectivity index (χ3v) is 3.71. The summed E-state index contributed by atoms with van der Waals surface area (Å²) < 4.78 is 21.5. The summed E-state index contributed by atoms with van der Waals surface area (Å²) >= 11 is 0. The summed E-state index contributed by atoms with van der Waals surface area (Å²) in [4.78, 5) is 16.3. The maximum Gasteiger partial charge on any atom is 0.262 e. The van der Waals surface area contributed by atoms with Gasteiger partial charge in [0.2, 0.25) is 5.88 Å². The minimum atomic E-state index is -0.303. The Hall–Kier alpha value is -3.74. The smallest absolute Gasteiger partial charge is 0.262 e. The van der Waals surface area contributed by atoms with Crippen LogP contribution in [0.3, 0.4) is 0 Å². The van der Waals surface area contributed by atoms with Gasteiger partial charge in [-0.3, -0.25) is 4.79 Å². The van der Waals surface area contributed by atoms with Crippen LogP contribution >= 0.6 is 0 Å². The summed E-state index contributed by atoms with van der Waals surface area (Å²) in [5.74, 6) is 2.46. The van der Waals surface area contributed by atoms with Gasteiger partial charge in [0, 0.05) is 12.1 Å². The lowest BCUT2D eigenvalue weighted by Gasteiger charge is -2.10. The van der Waals surface area contributed by atoms with Crippen LogP contribution in [0.2, 0.25) is 0 Å². The number of rotatable bonds is 8. The number of hydrogen-bond donors (Lipinski definition) is 1. The Kier molecular flexibility index (Phi) is 6.30. The van der Waals surface area contributed by atoms with E-state index < -0.39 is 0 Å². The van der Waals surface area contributed by atoms with E-state index in [1.807, 2.05) is 12.1 Å². The number of carbonyl (C=O) groups is 1. The molecule has 0 aliphatic heterocycles. The summed E-state index contributed by atoms with van der Waals surface area (Å²) in [5.41, 5.74) is 0.534. The van der Waals surface area contributed by atoms with Crippen LogP contribution in [-0.2, 0) is 4.79 Å². The van der Waals surface area contributed by atoms with Gasteiger partial charge in [-0.1, -0.05) is 18.2 Å². The van der Waals surface area contributed by atoms with Gasteiger partial charge in [-0.25, -0.2) is 4.98 Å². The minimum absolute atomic E-state index is 0.132. The molecule has 0 aliphatic carbocycles. The first-order valence-electron chi connectivity index (χ1n) is 8.51. The monoisotopic (exact) mass is 380 g/mol. The molecule has 0 saturated heterocycles. The van der Waals surface area contributed by atoms with Crippen LogP contribution in [0.15, 0.2) is 66.9 Å². The summed E-state index contributed by atoms with van der Waals surface area (Å²) in [5, 5.41) is 2.72. The van der Waals surface area contributed by atoms with Gasteiger partial charge in [-0.05, 0) is 30.3 Å². The lowest BCUT2D eigenvalue weighted by molar-refractivity contribution is -0.118. The molecule has 0 radical (unpaired) electrons. The fourth-order valence-electron chi connectivity index (χ4n) is 2.37. The molecule has 1 heterocycles. The molecular weight excluding hydrogens is 360 g/mol. The van der Waals surface area contributed by atoms with E-state index in [-0.39, 0.29) is 12.5 Å². The van der Waals surface area contributed by atoms with E-state index >= 15 is 0 Å². The first-order chi connectivity index (χ1) is 13.7. The van der Waals surface area contributed by atoms with Crippen LogP contribution in [0.4, 0.5) is 5.69 Å². The summed E-state index contributed by atoms with van der Waals surface area (Å²) in [6.07, 6.45) is 1.51. The van der Waals surface area contributed by atoms with Crippen LogP contribution < -0.4 is 24.3 Å². The lowest BCUT2D eigenvalue weighted by Crippen LogP contribution is -2.20. The predicted octanol–water partition coefficient (Wildman–Crippen LogP) is 3.91. The summed E-state index contributed by atoms with van der Waals surface area (Å²) in [6, 6.07) is 17.7. The Bertz CT molecular complexity index is 928. The molecule has 28 heavy (non-hydrogen) atoms. The quantitative estimate of drug-likeness (QED) is 0.638. The molecular formula is C21H20N2O5. The van der Waals surface area contributed by atoms with Gasteiger partial charge in [0.25, 0.3) is 5.91 Å². The fraction of sp³-hybridized carbons (Fsp3) is 0.143. The van der Waals surface area contributed by atoms with Crippen molar-refractivity contribution in [2.75, 3.05) is 26.1 Å². The van der Waals surface area contributed by atoms with Crippen molar-refractivity contribution in [1.29, 1.82) is 0 Å². The number of anilines is 1. The third-order valence-electron chi connectivity index (χ3n) is 3.71. The number of hydrogen-bond acceptors (Lipinski definition) is 6. The van der Waals surface area contributed by atoms with Gasteiger partial charge in [-0.15, -0.1) is 0 Å². The number of methoxy groups -OCH3 is 2. The predicted molar refractivity (Wildman–Crippen MR) is 104 cm³/mol. The maximum absolute atomic E-state index is 12.1. The van der Waals surface area contributed by atoms with Gasteiger partial charge in [0.15, 0.2) is 18.1 Å². The molecule has 0 aliphatic rings. The first-order valence-corrected chi connectivity index (χ1v) is 8.51. The molecule has 0 atom stereocenters. The Morgan fingerprint density at radius 2 is 1.71 bits per heavy atom. The lowest BCUT2D eigenvalue weighted by atomic mass is 10.3. The molecule has 3 aromatic rings. The highest BCUT2D eigenvalue weighted by Gasteiger charge is 2.08. The largest absolute Gasteiger partial charge is 0.497 e. The number of pyridine rings is 1. The molecule has 0 saturated carbocycles. The Balaban J connectivity index is 1.54. The van der Waals surface area contributed by atoms with Gasteiger partial charge < -0.3 is 24.3 Å². The molecule has 7 nitrogen and oxygen atoms in total. The number of para-hydroxylation sites is 2. The molecule has 0 unspecified atom stereocenters. The molecule has 2 aromatic carbocycles. The van der Waals surface area contributed by atoms with Crippen molar-refractivity contribution in [3.05, 3.63) is 66.9 Å². The van der Waals surface area contributed by atoms with Crippen molar-refractivity contribution in [1.82, 2.24) is 4.98 Å². The zero-order chi connectivity index (χ0) is 19.8. The molecule has 1 amide bonds. The van der Waals surface area contributed by atoms with E-state index in [4.69, 9.17) is 18.9 Å². The minimum Gasteiger partial charge on any atom is -0.497 e. The van der Waals surface area contributed by atoms with Gasteiger partial charge in [-0.2, -0.15) is 0 Å². The van der Waals surface area contributed by atoms with Crippen molar-refractivity contribution >= 4 is 11.6 Å². The van der Waals surface area contributed by atoms with E-state index in [9.17, 15) is 4.79 Å². The van der Waals surface area contributed by atoms with Gasteiger partial charge in [0.1, 0.15) is 11.5 Å². The second kappa shape index (κ2) is 9.27. The number of carbonyl (C=O) groups excluding carboxylic acids is 1. The van der Waals surface area contributed by atoms with Crippen molar-refractivity contribution in [3.8, 4) is 28.9 Å². The number of benzene rings is 2. The van der Waals surface area contributed by atoms with Crippen LogP contribution in [0.25, 0.3) is 0 Å². The van der Waals surface area contributed by atoms with Crippen molar-refractivity contribution < 1.29 is 23.7 Å². The van der Waals surface area contributed by atoms with Crippen LogP contribution in [0.5, 0.6) is 28.9 Å². The highest BCUT2D eigenvalue weighted by Crippen LogP contribution is 2.30. The van der Waals surface area contributed by atoms with Crippen molar-refractivity contribution in [2.24, 2.45) is 0 Å². The Labute approximate surface area is 162 Å². The highest BCUT2D eigenvalue weighted by atomic mass is 16.5. The number of amides is 1. The van der Waals surface area contributed by atoms with E-state index in [1.54, 1.807) is 62.8 Å². The zero-order valence-electron chi connectivity index (χ0n) is 15.5. The molecule has 1 N–H and O–H groups in total. The molecule has 1 aromatic heterocycles. The topological polar surface area (TPSA) is 78.9 Å². The third kappa shape index (κ3) is 5.14. The van der Waals surface area contributed by atoms with Crippen molar-refractivity contribution in [2.45, 2.75) is 0 Å². The highest BCUT2D eigenvalue weighted by molar-refractivity contribution is 5.91. The molecule has 0 spiro atoms.